The highest BCUT2D eigenvalue weighted by molar-refractivity contribution is 6.37. The van der Waals surface area contributed by atoms with E-state index >= 15 is 0 Å². The van der Waals surface area contributed by atoms with Crippen LogP contribution in [0.2, 0.25) is 5.02 Å². The third kappa shape index (κ3) is 5.92. The van der Waals surface area contributed by atoms with Crippen LogP contribution in [0, 0.1) is 0 Å². The average molecular weight is 422 g/mol. The zero-order valence-electron chi connectivity index (χ0n) is 16.7. The molecule has 0 aliphatic carbocycles. The molecule has 0 radical (unpaired) electrons. The Hall–Kier alpha value is -3.15. The molecule has 2 amide bonds. The first kappa shape index (κ1) is 21.6. The molecule has 6 heteroatoms. The van der Waals surface area contributed by atoms with Crippen LogP contribution in [0.1, 0.15) is 22.8 Å². The van der Waals surface area contributed by atoms with Crippen molar-refractivity contribution >= 4 is 29.1 Å². The van der Waals surface area contributed by atoms with Crippen molar-refractivity contribution in [2.75, 3.05) is 18.4 Å². The Balaban J connectivity index is 1.60. The van der Waals surface area contributed by atoms with E-state index in [0.29, 0.717) is 35.9 Å². The summed E-state index contributed by atoms with van der Waals surface area (Å²) >= 11 is 6.54. The van der Waals surface area contributed by atoms with Crippen LogP contribution in [0.4, 0.5) is 5.69 Å². The number of carbonyl (C=O) groups excluding carboxylic acids is 2. The second-order valence-corrected chi connectivity index (χ2v) is 7.22. The van der Waals surface area contributed by atoms with Crippen LogP contribution in [0.3, 0.4) is 0 Å². The number of anilines is 1. The van der Waals surface area contributed by atoms with E-state index in [1.807, 2.05) is 66.7 Å². The van der Waals surface area contributed by atoms with Gasteiger partial charge in [-0.05, 0) is 29.3 Å². The van der Waals surface area contributed by atoms with Crippen molar-refractivity contribution < 1.29 is 9.59 Å². The highest BCUT2D eigenvalue weighted by Gasteiger charge is 2.14. The van der Waals surface area contributed by atoms with Gasteiger partial charge < -0.3 is 16.0 Å². The van der Waals surface area contributed by atoms with Gasteiger partial charge in [0.1, 0.15) is 0 Å². The molecule has 3 rings (SSSR count). The van der Waals surface area contributed by atoms with Gasteiger partial charge in [-0.2, -0.15) is 0 Å². The van der Waals surface area contributed by atoms with E-state index in [0.717, 1.165) is 16.7 Å². The molecular formula is C24H24ClN3O2. The van der Waals surface area contributed by atoms with Crippen LogP contribution in [-0.2, 0) is 11.3 Å². The van der Waals surface area contributed by atoms with E-state index in [9.17, 15) is 9.59 Å². The second-order valence-electron chi connectivity index (χ2n) is 6.84. The fraction of sp³-hybridized carbons (Fsp3) is 0.167. The predicted molar refractivity (Wildman–Crippen MR) is 122 cm³/mol. The van der Waals surface area contributed by atoms with Crippen molar-refractivity contribution in [3.63, 3.8) is 0 Å². The number of hydrogen-bond donors (Lipinski definition) is 3. The number of nitrogens with one attached hydrogen (secondary N) is 3. The highest BCUT2D eigenvalue weighted by atomic mass is 35.5. The lowest BCUT2D eigenvalue weighted by atomic mass is 10.0. The number of carbonyl (C=O) groups is 2. The molecule has 0 saturated carbocycles. The summed E-state index contributed by atoms with van der Waals surface area (Å²) in [5.74, 6) is -0.287. The second kappa shape index (κ2) is 10.6. The number of benzene rings is 3. The first-order valence-corrected chi connectivity index (χ1v) is 10.1. The van der Waals surface area contributed by atoms with Crippen molar-refractivity contribution in [2.45, 2.75) is 13.5 Å². The van der Waals surface area contributed by atoms with Crippen molar-refractivity contribution in [3.05, 3.63) is 88.9 Å². The molecule has 3 aromatic rings. The zero-order valence-corrected chi connectivity index (χ0v) is 17.5. The molecule has 0 heterocycles. The maximum atomic E-state index is 12.8. The highest BCUT2D eigenvalue weighted by Crippen LogP contribution is 2.31. The van der Waals surface area contributed by atoms with Crippen LogP contribution < -0.4 is 16.0 Å². The van der Waals surface area contributed by atoms with Crippen LogP contribution in [0.5, 0.6) is 0 Å². The van der Waals surface area contributed by atoms with Gasteiger partial charge in [0, 0.05) is 37.8 Å². The number of rotatable bonds is 8. The summed E-state index contributed by atoms with van der Waals surface area (Å²) in [7, 11) is 0. The van der Waals surface area contributed by atoms with Gasteiger partial charge in [0.15, 0.2) is 0 Å². The maximum absolute atomic E-state index is 12.8. The molecule has 30 heavy (non-hydrogen) atoms. The van der Waals surface area contributed by atoms with Crippen molar-refractivity contribution in [2.24, 2.45) is 0 Å². The van der Waals surface area contributed by atoms with E-state index in [1.165, 1.54) is 6.92 Å². The number of halogens is 1. The van der Waals surface area contributed by atoms with Gasteiger partial charge in [-0.25, -0.2) is 0 Å². The lowest BCUT2D eigenvalue weighted by Crippen LogP contribution is -2.29. The fourth-order valence-corrected chi connectivity index (χ4v) is 3.33. The quantitative estimate of drug-likeness (QED) is 0.469. The third-order valence-electron chi connectivity index (χ3n) is 4.54. The summed E-state index contributed by atoms with van der Waals surface area (Å²) in [5.41, 5.74) is 4.00. The molecule has 0 aliphatic rings. The summed E-state index contributed by atoms with van der Waals surface area (Å²) < 4.78 is 0. The summed E-state index contributed by atoms with van der Waals surface area (Å²) in [6, 6.07) is 22.8. The molecule has 0 atom stereocenters. The fourth-order valence-electron chi connectivity index (χ4n) is 3.01. The Bertz CT molecular complexity index is 1000. The van der Waals surface area contributed by atoms with E-state index in [-0.39, 0.29) is 11.8 Å². The predicted octanol–water partition coefficient (Wildman–Crippen LogP) is 4.49. The first-order chi connectivity index (χ1) is 14.5. The minimum Gasteiger partial charge on any atom is -0.355 e. The summed E-state index contributed by atoms with van der Waals surface area (Å²) in [6.07, 6.45) is 0. The average Bonchev–Trinajstić information content (AvgIpc) is 2.75. The molecule has 0 bridgehead atoms. The van der Waals surface area contributed by atoms with Gasteiger partial charge in [0.05, 0.1) is 10.6 Å². The molecule has 0 spiro atoms. The van der Waals surface area contributed by atoms with Crippen LogP contribution in [0.15, 0.2) is 72.8 Å². The molecule has 3 aromatic carbocycles. The lowest BCUT2D eigenvalue weighted by molar-refractivity contribution is -0.118. The summed E-state index contributed by atoms with van der Waals surface area (Å²) in [5, 5.41) is 9.32. The topological polar surface area (TPSA) is 70.2 Å². The SMILES string of the molecule is CC(=O)NCCNCc1ccc(NC(=O)c2cccc(-c3ccccc3)c2Cl)cc1. The molecule has 5 nitrogen and oxygen atoms in total. The summed E-state index contributed by atoms with van der Waals surface area (Å²) in [4.78, 5) is 23.6. The largest absolute Gasteiger partial charge is 0.355 e. The van der Waals surface area contributed by atoms with Gasteiger partial charge in [0.2, 0.25) is 5.91 Å². The standard InChI is InChI=1S/C24H24ClN3O2/c1-17(29)27-15-14-26-16-18-10-12-20(13-11-18)28-24(30)22-9-5-8-21(23(22)25)19-6-3-2-4-7-19/h2-13,26H,14-16H2,1H3,(H,27,29)(H,28,30). The monoisotopic (exact) mass is 421 g/mol. The number of amides is 2. The lowest BCUT2D eigenvalue weighted by Gasteiger charge is -2.11. The minimum atomic E-state index is -0.251. The van der Waals surface area contributed by atoms with Crippen molar-refractivity contribution in [1.82, 2.24) is 10.6 Å². The molecule has 0 fully saturated rings. The van der Waals surface area contributed by atoms with Gasteiger partial charge in [-0.15, -0.1) is 0 Å². The first-order valence-electron chi connectivity index (χ1n) is 9.74. The maximum Gasteiger partial charge on any atom is 0.257 e. The van der Waals surface area contributed by atoms with Gasteiger partial charge in [-0.1, -0.05) is 66.2 Å². The van der Waals surface area contributed by atoms with Gasteiger partial charge in [0.25, 0.3) is 5.91 Å². The Morgan fingerprint density at radius 2 is 1.60 bits per heavy atom. The molecule has 154 valence electrons. The zero-order chi connectivity index (χ0) is 21.3. The smallest absolute Gasteiger partial charge is 0.257 e. The molecule has 0 aromatic heterocycles. The molecule has 0 aliphatic heterocycles. The Kier molecular flexibility index (Phi) is 7.60. The van der Waals surface area contributed by atoms with Crippen molar-refractivity contribution in [3.8, 4) is 11.1 Å². The third-order valence-corrected chi connectivity index (χ3v) is 4.95. The van der Waals surface area contributed by atoms with Gasteiger partial charge in [-0.3, -0.25) is 9.59 Å². The van der Waals surface area contributed by atoms with Gasteiger partial charge >= 0.3 is 0 Å². The van der Waals surface area contributed by atoms with E-state index < -0.39 is 0 Å². The molecule has 3 N–H and O–H groups in total. The summed E-state index contributed by atoms with van der Waals surface area (Å²) in [6.45, 7) is 3.46. The Labute approximate surface area is 181 Å². The van der Waals surface area contributed by atoms with Crippen LogP contribution in [0.25, 0.3) is 11.1 Å². The molecule has 0 saturated heterocycles. The normalized spacial score (nSPS) is 10.5. The van der Waals surface area contributed by atoms with Crippen LogP contribution >= 0.6 is 11.6 Å². The Morgan fingerprint density at radius 3 is 2.30 bits per heavy atom. The molecular weight excluding hydrogens is 398 g/mol. The number of hydrogen-bond acceptors (Lipinski definition) is 3. The van der Waals surface area contributed by atoms with Crippen molar-refractivity contribution in [1.29, 1.82) is 0 Å². The Morgan fingerprint density at radius 1 is 0.867 bits per heavy atom. The molecule has 0 unspecified atom stereocenters. The van der Waals surface area contributed by atoms with E-state index in [4.69, 9.17) is 11.6 Å². The van der Waals surface area contributed by atoms with E-state index in [1.54, 1.807) is 6.07 Å². The minimum absolute atomic E-state index is 0.0358. The van der Waals surface area contributed by atoms with E-state index in [2.05, 4.69) is 16.0 Å². The van der Waals surface area contributed by atoms with Crippen LogP contribution in [-0.4, -0.2) is 24.9 Å².